The third kappa shape index (κ3) is 2.68. The van der Waals surface area contributed by atoms with E-state index >= 15 is 0 Å². The van der Waals surface area contributed by atoms with E-state index in [1.165, 1.54) is 5.69 Å². The van der Waals surface area contributed by atoms with Gasteiger partial charge in [-0.1, -0.05) is 6.92 Å². The van der Waals surface area contributed by atoms with E-state index in [9.17, 15) is 0 Å². The van der Waals surface area contributed by atoms with Gasteiger partial charge in [0.15, 0.2) is 5.79 Å². The molecule has 5 nitrogen and oxygen atoms in total. The van der Waals surface area contributed by atoms with Gasteiger partial charge in [0.2, 0.25) is 0 Å². The maximum absolute atomic E-state index is 5.82. The Morgan fingerprint density at radius 3 is 2.84 bits per heavy atom. The number of hydrogen-bond donors (Lipinski definition) is 0. The lowest BCUT2D eigenvalue weighted by Crippen LogP contribution is -2.48. The Morgan fingerprint density at radius 2 is 2.16 bits per heavy atom. The van der Waals surface area contributed by atoms with Crippen LogP contribution in [0.25, 0.3) is 0 Å². The predicted octanol–water partition coefficient (Wildman–Crippen LogP) is 1.32. The van der Waals surface area contributed by atoms with Gasteiger partial charge in [-0.05, 0) is 25.5 Å². The van der Waals surface area contributed by atoms with E-state index in [4.69, 9.17) is 9.47 Å². The molecule has 0 N–H and O–H groups in total. The van der Waals surface area contributed by atoms with E-state index in [-0.39, 0.29) is 5.79 Å². The summed E-state index contributed by atoms with van der Waals surface area (Å²) in [5.74, 6) is -0.329. The van der Waals surface area contributed by atoms with Crippen molar-refractivity contribution in [3.8, 4) is 0 Å². The Balaban J connectivity index is 1.67. The molecule has 19 heavy (non-hydrogen) atoms. The first kappa shape index (κ1) is 13.1. The van der Waals surface area contributed by atoms with Crippen molar-refractivity contribution >= 4 is 0 Å². The van der Waals surface area contributed by atoms with Crippen molar-refractivity contribution in [3.63, 3.8) is 0 Å². The molecule has 1 aromatic rings. The van der Waals surface area contributed by atoms with E-state index < -0.39 is 0 Å². The monoisotopic (exact) mass is 265 g/mol. The number of ether oxygens (including phenoxy) is 2. The molecule has 0 amide bonds. The maximum atomic E-state index is 5.82. The molecule has 106 valence electrons. The van der Waals surface area contributed by atoms with Crippen molar-refractivity contribution in [2.75, 3.05) is 26.3 Å². The first-order valence-corrected chi connectivity index (χ1v) is 7.23. The molecule has 2 saturated heterocycles. The minimum absolute atomic E-state index is 0.329. The minimum atomic E-state index is -0.329. The van der Waals surface area contributed by atoms with Gasteiger partial charge < -0.3 is 9.47 Å². The Morgan fingerprint density at radius 1 is 1.37 bits per heavy atom. The van der Waals surface area contributed by atoms with E-state index in [1.807, 2.05) is 11.7 Å². The van der Waals surface area contributed by atoms with Crippen molar-refractivity contribution in [3.05, 3.63) is 17.5 Å². The van der Waals surface area contributed by atoms with Gasteiger partial charge in [-0.3, -0.25) is 9.58 Å². The van der Waals surface area contributed by atoms with E-state index in [1.54, 1.807) is 0 Å². The van der Waals surface area contributed by atoms with Gasteiger partial charge in [-0.15, -0.1) is 0 Å². The molecule has 1 aromatic heterocycles. The smallest absolute Gasteiger partial charge is 0.181 e. The van der Waals surface area contributed by atoms with Crippen LogP contribution in [0, 0.1) is 0 Å². The fourth-order valence-electron chi connectivity index (χ4n) is 3.06. The third-order valence-corrected chi connectivity index (χ3v) is 4.09. The summed E-state index contributed by atoms with van der Waals surface area (Å²) < 4.78 is 13.6. The van der Waals surface area contributed by atoms with Crippen LogP contribution in [0.3, 0.4) is 0 Å². The fourth-order valence-corrected chi connectivity index (χ4v) is 3.06. The van der Waals surface area contributed by atoms with E-state index in [0.29, 0.717) is 0 Å². The number of hydrogen-bond acceptors (Lipinski definition) is 4. The molecule has 3 rings (SSSR count). The quantitative estimate of drug-likeness (QED) is 0.826. The largest absolute Gasteiger partial charge is 0.346 e. The van der Waals surface area contributed by atoms with Crippen LogP contribution in [-0.4, -0.2) is 46.8 Å². The zero-order valence-corrected chi connectivity index (χ0v) is 11.9. The third-order valence-electron chi connectivity index (χ3n) is 4.09. The van der Waals surface area contributed by atoms with Crippen LogP contribution in [0.1, 0.15) is 31.2 Å². The highest BCUT2D eigenvalue weighted by atomic mass is 16.7. The molecule has 0 aliphatic carbocycles. The lowest BCUT2D eigenvalue weighted by molar-refractivity contribution is -0.190. The van der Waals surface area contributed by atoms with Crippen molar-refractivity contribution in [2.45, 2.75) is 38.5 Å². The first-order chi connectivity index (χ1) is 9.21. The summed E-state index contributed by atoms with van der Waals surface area (Å²) in [5.41, 5.74) is 2.43. The lowest BCUT2D eigenvalue weighted by atomic mass is 10.0. The number of likely N-dealkylation sites (tertiary alicyclic amines) is 1. The molecule has 0 saturated carbocycles. The highest BCUT2D eigenvalue weighted by Gasteiger charge is 2.40. The first-order valence-electron chi connectivity index (χ1n) is 7.23. The number of piperidine rings is 1. The summed E-state index contributed by atoms with van der Waals surface area (Å²) in [4.78, 5) is 2.42. The molecule has 0 radical (unpaired) electrons. The Hall–Kier alpha value is -0.910. The lowest BCUT2D eigenvalue weighted by Gasteiger charge is -2.38. The fraction of sp³-hybridized carbons (Fsp3) is 0.786. The van der Waals surface area contributed by atoms with Crippen LogP contribution in [0.5, 0.6) is 0 Å². The minimum Gasteiger partial charge on any atom is -0.346 e. The van der Waals surface area contributed by atoms with Crippen LogP contribution in [0.15, 0.2) is 6.07 Å². The number of aryl methyl sites for hydroxylation is 2. The normalized spacial score (nSPS) is 23.3. The molecule has 2 aliphatic rings. The number of nitrogens with zero attached hydrogens (tertiary/aromatic N) is 3. The van der Waals surface area contributed by atoms with Gasteiger partial charge in [0.1, 0.15) is 0 Å². The standard InChI is InChI=1S/C14H23N3O2/c1-3-12-9-13(16(2)15-12)10-17-6-4-5-14(11-17)18-7-8-19-14/h9H,3-8,10-11H2,1-2H3. The summed E-state index contributed by atoms with van der Waals surface area (Å²) in [6.45, 7) is 6.53. The van der Waals surface area contributed by atoms with E-state index in [0.717, 1.165) is 57.8 Å². The summed E-state index contributed by atoms with van der Waals surface area (Å²) >= 11 is 0. The van der Waals surface area contributed by atoms with Crippen LogP contribution < -0.4 is 0 Å². The predicted molar refractivity (Wildman–Crippen MR) is 71.7 cm³/mol. The molecule has 2 aliphatic heterocycles. The topological polar surface area (TPSA) is 39.5 Å². The summed E-state index contributed by atoms with van der Waals surface area (Å²) in [7, 11) is 2.02. The van der Waals surface area contributed by atoms with Crippen LogP contribution in [0.2, 0.25) is 0 Å². The van der Waals surface area contributed by atoms with Gasteiger partial charge in [0, 0.05) is 20.0 Å². The summed E-state index contributed by atoms with van der Waals surface area (Å²) in [6.07, 6.45) is 3.15. The average Bonchev–Trinajstić information content (AvgIpc) is 2.98. The van der Waals surface area contributed by atoms with Gasteiger partial charge in [-0.2, -0.15) is 5.10 Å². The van der Waals surface area contributed by atoms with Gasteiger partial charge >= 0.3 is 0 Å². The Labute approximate surface area is 114 Å². The number of aromatic nitrogens is 2. The van der Waals surface area contributed by atoms with Crippen LogP contribution >= 0.6 is 0 Å². The molecule has 0 aromatic carbocycles. The molecule has 2 fully saturated rings. The molecule has 0 bridgehead atoms. The second kappa shape index (κ2) is 5.23. The second-order valence-corrected chi connectivity index (χ2v) is 5.53. The highest BCUT2D eigenvalue weighted by Crippen LogP contribution is 2.30. The van der Waals surface area contributed by atoms with Crippen LogP contribution in [0.4, 0.5) is 0 Å². The second-order valence-electron chi connectivity index (χ2n) is 5.53. The van der Waals surface area contributed by atoms with Gasteiger partial charge in [0.25, 0.3) is 0 Å². The molecule has 0 atom stereocenters. The molecular weight excluding hydrogens is 242 g/mol. The van der Waals surface area contributed by atoms with Gasteiger partial charge in [0.05, 0.1) is 31.1 Å². The van der Waals surface area contributed by atoms with Gasteiger partial charge in [-0.25, -0.2) is 0 Å². The molecule has 0 unspecified atom stereocenters. The molecule has 1 spiro atoms. The Bertz CT molecular complexity index is 438. The molecule has 3 heterocycles. The zero-order chi connectivity index (χ0) is 13.3. The van der Waals surface area contributed by atoms with Crippen molar-refractivity contribution in [1.82, 2.24) is 14.7 Å². The van der Waals surface area contributed by atoms with Crippen molar-refractivity contribution < 1.29 is 9.47 Å². The van der Waals surface area contributed by atoms with E-state index in [2.05, 4.69) is 23.0 Å². The maximum Gasteiger partial charge on any atom is 0.181 e. The summed E-state index contributed by atoms with van der Waals surface area (Å²) in [6, 6.07) is 2.21. The van der Waals surface area contributed by atoms with Crippen LogP contribution in [-0.2, 0) is 29.5 Å². The number of rotatable bonds is 3. The summed E-state index contributed by atoms with van der Waals surface area (Å²) in [5, 5.41) is 4.51. The average molecular weight is 265 g/mol. The molecule has 5 heteroatoms. The van der Waals surface area contributed by atoms with Crippen molar-refractivity contribution in [2.24, 2.45) is 7.05 Å². The highest BCUT2D eigenvalue weighted by molar-refractivity contribution is 5.10. The molecular formula is C14H23N3O2. The van der Waals surface area contributed by atoms with Crippen molar-refractivity contribution in [1.29, 1.82) is 0 Å². The Kier molecular flexibility index (Phi) is 3.60. The SMILES string of the molecule is CCc1cc(CN2CCCC3(C2)OCCO3)n(C)n1. The zero-order valence-electron chi connectivity index (χ0n) is 11.9.